The predicted molar refractivity (Wildman–Crippen MR) is 132 cm³/mol. The Morgan fingerprint density at radius 2 is 1.63 bits per heavy atom. The molecule has 0 amide bonds. The summed E-state index contributed by atoms with van der Waals surface area (Å²) in [4.78, 5) is 29.7. The van der Waals surface area contributed by atoms with Crippen LogP contribution in [0, 0.1) is 19.7 Å². The summed E-state index contributed by atoms with van der Waals surface area (Å²) in [6, 6.07) is 7.60. The number of methoxy groups -OCH3 is 3. The lowest BCUT2D eigenvalue weighted by Crippen LogP contribution is -2.16. The zero-order valence-corrected chi connectivity index (χ0v) is 22.0. The quantitative estimate of drug-likeness (QED) is 0.320. The van der Waals surface area contributed by atoms with E-state index in [2.05, 4.69) is 20.9 Å². The number of benzene rings is 2. The molecule has 1 heterocycles. The van der Waals surface area contributed by atoms with Gasteiger partial charge < -0.3 is 18.9 Å². The van der Waals surface area contributed by atoms with E-state index in [1.54, 1.807) is 32.0 Å². The van der Waals surface area contributed by atoms with E-state index < -0.39 is 17.8 Å². The fraction of sp³-hybridized carbons (Fsp3) is 0.240. The number of esters is 2. The molecule has 0 saturated heterocycles. The Kier molecular flexibility index (Phi) is 8.34. The highest BCUT2D eigenvalue weighted by molar-refractivity contribution is 9.10. The molecule has 7 nitrogen and oxygen atoms in total. The third-order valence-corrected chi connectivity index (χ3v) is 6.22. The molecule has 3 rings (SSSR count). The first-order chi connectivity index (χ1) is 16.6. The van der Waals surface area contributed by atoms with Gasteiger partial charge >= 0.3 is 11.9 Å². The summed E-state index contributed by atoms with van der Waals surface area (Å²) < 4.78 is 35.9. The molecule has 35 heavy (non-hydrogen) atoms. The van der Waals surface area contributed by atoms with E-state index in [4.69, 9.17) is 30.5 Å². The second-order valence-corrected chi connectivity index (χ2v) is 8.63. The van der Waals surface area contributed by atoms with E-state index >= 15 is 0 Å². The summed E-state index contributed by atoms with van der Waals surface area (Å²) in [7, 11) is 3.91. The number of pyridine rings is 1. The van der Waals surface area contributed by atoms with E-state index in [0.717, 1.165) is 0 Å². The van der Waals surface area contributed by atoms with Gasteiger partial charge in [0, 0.05) is 11.1 Å². The van der Waals surface area contributed by atoms with Crippen LogP contribution < -0.4 is 9.47 Å². The Morgan fingerprint density at radius 1 is 1.03 bits per heavy atom. The lowest BCUT2D eigenvalue weighted by atomic mass is 9.92. The van der Waals surface area contributed by atoms with Gasteiger partial charge in [-0.15, -0.1) is 0 Å². The third kappa shape index (κ3) is 5.26. The maximum absolute atomic E-state index is 14.2. The monoisotopic (exact) mass is 565 g/mol. The first kappa shape index (κ1) is 26.4. The van der Waals surface area contributed by atoms with Crippen molar-refractivity contribution in [3.63, 3.8) is 0 Å². The first-order valence-electron chi connectivity index (χ1n) is 10.3. The second kappa shape index (κ2) is 11.0. The van der Waals surface area contributed by atoms with Crippen LogP contribution in [0.25, 0.3) is 11.1 Å². The van der Waals surface area contributed by atoms with Crippen LogP contribution in [-0.2, 0) is 16.1 Å². The van der Waals surface area contributed by atoms with Gasteiger partial charge in [-0.05, 0) is 59.6 Å². The number of hydrogen-bond donors (Lipinski definition) is 0. The Morgan fingerprint density at radius 3 is 2.14 bits per heavy atom. The average molecular weight is 567 g/mol. The number of halogens is 3. The molecular weight excluding hydrogens is 545 g/mol. The molecule has 0 aliphatic carbocycles. The van der Waals surface area contributed by atoms with Gasteiger partial charge in [0.2, 0.25) is 0 Å². The van der Waals surface area contributed by atoms with E-state index in [1.807, 2.05) is 0 Å². The minimum atomic E-state index is -0.667. The van der Waals surface area contributed by atoms with Gasteiger partial charge in [0.15, 0.2) is 11.5 Å². The Bertz CT molecular complexity index is 1250. The van der Waals surface area contributed by atoms with Crippen LogP contribution >= 0.6 is 27.5 Å². The van der Waals surface area contributed by atoms with Gasteiger partial charge in [0.25, 0.3) is 0 Å². The molecule has 0 fully saturated rings. The smallest absolute Gasteiger partial charge is 0.340 e. The molecule has 10 heteroatoms. The standard InChI is InChI=1S/C25H22BrClFNO6/c1-12-20(24(30)33-4)22(21(13(2)29-12)25(31)34-5)14-9-16(26)23(19(10-14)32-3)35-11-15-17(27)7-6-8-18(15)28/h6-10H,11H2,1-5H3. The normalized spacial score (nSPS) is 10.6. The van der Waals surface area contributed by atoms with Crippen LogP contribution in [0.1, 0.15) is 37.7 Å². The van der Waals surface area contributed by atoms with Crippen LogP contribution in [0.3, 0.4) is 0 Å². The van der Waals surface area contributed by atoms with Crippen molar-refractivity contribution in [1.29, 1.82) is 0 Å². The molecule has 184 valence electrons. The maximum Gasteiger partial charge on any atom is 0.340 e. The van der Waals surface area contributed by atoms with Crippen LogP contribution in [0.5, 0.6) is 11.5 Å². The molecule has 0 radical (unpaired) electrons. The summed E-state index contributed by atoms with van der Waals surface area (Å²) in [5, 5.41) is 0.227. The maximum atomic E-state index is 14.2. The summed E-state index contributed by atoms with van der Waals surface area (Å²) in [6.07, 6.45) is 0. The molecule has 0 spiro atoms. The zero-order chi connectivity index (χ0) is 25.9. The number of nitrogens with zero attached hydrogens (tertiary/aromatic N) is 1. The van der Waals surface area contributed by atoms with E-state index in [1.165, 1.54) is 33.5 Å². The number of carbonyl (C=O) groups excluding carboxylic acids is 2. The Labute approximate surface area is 215 Å². The molecule has 0 atom stereocenters. The van der Waals surface area contributed by atoms with Crippen molar-refractivity contribution in [2.75, 3.05) is 21.3 Å². The predicted octanol–water partition coefficient (Wildman–Crippen LogP) is 6.08. The van der Waals surface area contributed by atoms with Gasteiger partial charge in [-0.1, -0.05) is 17.7 Å². The Balaban J connectivity index is 2.20. The van der Waals surface area contributed by atoms with E-state index in [0.29, 0.717) is 21.4 Å². The minimum Gasteiger partial charge on any atom is -0.493 e. The fourth-order valence-electron chi connectivity index (χ4n) is 3.66. The first-order valence-corrected chi connectivity index (χ1v) is 11.4. The molecule has 0 saturated carbocycles. The minimum absolute atomic E-state index is 0.110. The molecule has 0 N–H and O–H groups in total. The van der Waals surface area contributed by atoms with Crippen molar-refractivity contribution in [3.8, 4) is 22.6 Å². The fourth-order valence-corrected chi connectivity index (χ4v) is 4.44. The molecule has 2 aromatic carbocycles. The highest BCUT2D eigenvalue weighted by Gasteiger charge is 2.28. The van der Waals surface area contributed by atoms with Gasteiger partial charge in [0.05, 0.1) is 53.3 Å². The van der Waals surface area contributed by atoms with Crippen molar-refractivity contribution in [3.05, 3.63) is 73.7 Å². The van der Waals surface area contributed by atoms with Gasteiger partial charge in [-0.3, -0.25) is 4.98 Å². The number of hydrogen-bond acceptors (Lipinski definition) is 7. The van der Waals surface area contributed by atoms with Crippen LogP contribution in [-0.4, -0.2) is 38.3 Å². The van der Waals surface area contributed by atoms with Crippen LogP contribution in [0.4, 0.5) is 4.39 Å². The van der Waals surface area contributed by atoms with Crippen molar-refractivity contribution < 1.29 is 32.9 Å². The Hall–Kier alpha value is -3.17. The topological polar surface area (TPSA) is 84.0 Å². The molecule has 1 aromatic heterocycles. The van der Waals surface area contributed by atoms with Crippen molar-refractivity contribution in [2.24, 2.45) is 0 Å². The zero-order valence-electron chi connectivity index (χ0n) is 19.6. The molecule has 0 aliphatic rings. The van der Waals surface area contributed by atoms with Crippen LogP contribution in [0.2, 0.25) is 5.02 Å². The largest absolute Gasteiger partial charge is 0.493 e. The number of aryl methyl sites for hydroxylation is 2. The summed E-state index contributed by atoms with van der Waals surface area (Å²) >= 11 is 9.57. The second-order valence-electron chi connectivity index (χ2n) is 7.37. The SMILES string of the molecule is COC(=O)c1c(C)nc(C)c(C(=O)OC)c1-c1cc(Br)c(OCc2c(F)cccc2Cl)c(OC)c1. The highest BCUT2D eigenvalue weighted by atomic mass is 79.9. The number of ether oxygens (including phenoxy) is 4. The average Bonchev–Trinajstić information content (AvgIpc) is 2.82. The molecule has 0 aliphatic heterocycles. The highest BCUT2D eigenvalue weighted by Crippen LogP contribution is 2.43. The van der Waals surface area contributed by atoms with Crippen LogP contribution in [0.15, 0.2) is 34.8 Å². The molecule has 0 bridgehead atoms. The lowest BCUT2D eigenvalue weighted by Gasteiger charge is -2.19. The van der Waals surface area contributed by atoms with Gasteiger partial charge in [0.1, 0.15) is 12.4 Å². The summed E-state index contributed by atoms with van der Waals surface area (Å²) in [5.41, 5.74) is 1.88. The number of carbonyl (C=O) groups is 2. The summed E-state index contributed by atoms with van der Waals surface area (Å²) in [5.74, 6) is -1.30. The summed E-state index contributed by atoms with van der Waals surface area (Å²) in [6.45, 7) is 3.13. The number of rotatable bonds is 7. The van der Waals surface area contributed by atoms with E-state index in [9.17, 15) is 14.0 Å². The molecular formula is C25H22BrClFNO6. The third-order valence-electron chi connectivity index (χ3n) is 5.28. The number of aromatic nitrogens is 1. The van der Waals surface area contributed by atoms with Gasteiger partial charge in [-0.25, -0.2) is 14.0 Å². The molecule has 3 aromatic rings. The van der Waals surface area contributed by atoms with Crippen molar-refractivity contribution in [2.45, 2.75) is 20.5 Å². The molecule has 0 unspecified atom stereocenters. The van der Waals surface area contributed by atoms with E-state index in [-0.39, 0.29) is 45.4 Å². The van der Waals surface area contributed by atoms with Crippen molar-refractivity contribution in [1.82, 2.24) is 4.98 Å². The lowest BCUT2D eigenvalue weighted by molar-refractivity contribution is 0.0599. The van der Waals surface area contributed by atoms with Gasteiger partial charge in [-0.2, -0.15) is 0 Å². The van der Waals surface area contributed by atoms with Crippen molar-refractivity contribution >= 4 is 39.5 Å².